The van der Waals surface area contributed by atoms with Crippen LogP contribution in [-0.2, 0) is 6.54 Å². The monoisotopic (exact) mass is 385 g/mol. The zero-order chi connectivity index (χ0) is 19.8. The normalized spacial score (nSPS) is 15.9. The Balaban J connectivity index is 1.60. The second-order valence-corrected chi connectivity index (χ2v) is 8.09. The van der Waals surface area contributed by atoms with Gasteiger partial charge in [-0.3, -0.25) is 4.90 Å². The number of aromatic amines is 1. The molecule has 1 aliphatic rings. The fourth-order valence-corrected chi connectivity index (χ4v) is 4.15. The number of imidazole rings is 1. The molecule has 1 N–H and O–H groups in total. The van der Waals surface area contributed by atoms with Crippen molar-refractivity contribution >= 4 is 5.65 Å². The molecule has 1 aromatic carbocycles. The van der Waals surface area contributed by atoms with Gasteiger partial charge in [-0.15, -0.1) is 0 Å². The second-order valence-electron chi connectivity index (χ2n) is 8.09. The van der Waals surface area contributed by atoms with Gasteiger partial charge in [0.25, 0.3) is 0 Å². The van der Waals surface area contributed by atoms with E-state index in [1.54, 1.807) is 0 Å². The van der Waals surface area contributed by atoms with E-state index in [2.05, 4.69) is 81.8 Å². The van der Waals surface area contributed by atoms with Crippen LogP contribution in [0.4, 0.5) is 0 Å². The van der Waals surface area contributed by atoms with E-state index in [1.807, 2.05) is 12.3 Å². The minimum absolute atomic E-state index is 0.903. The molecular weight excluding hydrogens is 358 g/mol. The standard InChI is InChI=1S/C24H27N5/c1-18-5-3-6-19(15-18)20-8-9-23-26-24(21-7-4-10-25-21)22(29(23)16-20)17-28-13-11-27(2)12-14-28/h3-10,15-16,25H,11-14,17H2,1-2H3. The lowest BCUT2D eigenvalue weighted by Gasteiger charge is -2.32. The average Bonchev–Trinajstić information content (AvgIpc) is 3.38. The third-order valence-electron chi connectivity index (χ3n) is 5.89. The molecule has 0 amide bonds. The molecule has 4 heterocycles. The molecule has 148 valence electrons. The number of benzene rings is 1. The van der Waals surface area contributed by atoms with Crippen molar-refractivity contribution < 1.29 is 0 Å². The second kappa shape index (κ2) is 7.50. The zero-order valence-electron chi connectivity index (χ0n) is 17.1. The smallest absolute Gasteiger partial charge is 0.137 e. The first kappa shape index (κ1) is 18.2. The Kier molecular flexibility index (Phi) is 4.70. The van der Waals surface area contributed by atoms with Crippen molar-refractivity contribution in [2.24, 2.45) is 0 Å². The fraction of sp³-hybridized carbons (Fsp3) is 0.292. The summed E-state index contributed by atoms with van der Waals surface area (Å²) in [5.41, 5.74) is 8.11. The van der Waals surface area contributed by atoms with Crippen LogP contribution in [0.25, 0.3) is 28.2 Å². The quantitative estimate of drug-likeness (QED) is 0.576. The summed E-state index contributed by atoms with van der Waals surface area (Å²) in [5.74, 6) is 0. The van der Waals surface area contributed by atoms with Crippen LogP contribution in [0, 0.1) is 6.92 Å². The van der Waals surface area contributed by atoms with Crippen molar-refractivity contribution in [1.29, 1.82) is 0 Å². The maximum absolute atomic E-state index is 4.98. The molecule has 3 aromatic heterocycles. The number of piperazine rings is 1. The summed E-state index contributed by atoms with van der Waals surface area (Å²) < 4.78 is 2.28. The third-order valence-corrected chi connectivity index (χ3v) is 5.89. The summed E-state index contributed by atoms with van der Waals surface area (Å²) in [6.07, 6.45) is 4.21. The van der Waals surface area contributed by atoms with E-state index in [0.29, 0.717) is 0 Å². The molecule has 0 aliphatic carbocycles. The Morgan fingerprint density at radius 1 is 0.966 bits per heavy atom. The number of aryl methyl sites for hydroxylation is 1. The topological polar surface area (TPSA) is 39.6 Å². The maximum Gasteiger partial charge on any atom is 0.137 e. The van der Waals surface area contributed by atoms with E-state index in [4.69, 9.17) is 4.98 Å². The van der Waals surface area contributed by atoms with Gasteiger partial charge in [0.05, 0.1) is 11.4 Å². The van der Waals surface area contributed by atoms with Crippen molar-refractivity contribution in [3.63, 3.8) is 0 Å². The molecule has 0 atom stereocenters. The van der Waals surface area contributed by atoms with Gasteiger partial charge in [0, 0.05) is 45.1 Å². The molecular formula is C24H27N5. The molecule has 5 nitrogen and oxygen atoms in total. The summed E-state index contributed by atoms with van der Waals surface area (Å²) in [6.45, 7) is 7.45. The number of fused-ring (bicyclic) bond motifs is 1. The number of hydrogen-bond donors (Lipinski definition) is 1. The van der Waals surface area contributed by atoms with Crippen LogP contribution in [0.15, 0.2) is 60.9 Å². The Morgan fingerprint density at radius 2 is 1.83 bits per heavy atom. The molecule has 1 saturated heterocycles. The van der Waals surface area contributed by atoms with Crippen LogP contribution in [0.3, 0.4) is 0 Å². The van der Waals surface area contributed by atoms with Crippen molar-refractivity contribution in [3.05, 3.63) is 72.2 Å². The van der Waals surface area contributed by atoms with Crippen molar-refractivity contribution in [1.82, 2.24) is 24.2 Å². The number of aromatic nitrogens is 3. The van der Waals surface area contributed by atoms with Crippen molar-refractivity contribution in [2.45, 2.75) is 13.5 Å². The summed E-state index contributed by atoms with van der Waals surface area (Å²) >= 11 is 0. The van der Waals surface area contributed by atoms with Gasteiger partial charge in [0.1, 0.15) is 11.3 Å². The van der Waals surface area contributed by atoms with Gasteiger partial charge in [-0.2, -0.15) is 0 Å². The molecule has 4 aromatic rings. The molecule has 5 heteroatoms. The SMILES string of the molecule is Cc1cccc(-c2ccc3nc(-c4ccc[nH]4)c(CN4CCN(C)CC4)n3c2)c1. The number of pyridine rings is 1. The first-order chi connectivity index (χ1) is 14.2. The Hall–Kier alpha value is -2.89. The number of likely N-dealkylation sites (N-methyl/N-ethyl adjacent to an activating group) is 1. The largest absolute Gasteiger partial charge is 0.360 e. The van der Waals surface area contributed by atoms with E-state index in [1.165, 1.54) is 22.4 Å². The molecule has 5 rings (SSSR count). The van der Waals surface area contributed by atoms with E-state index in [-0.39, 0.29) is 0 Å². The average molecular weight is 386 g/mol. The zero-order valence-corrected chi connectivity index (χ0v) is 17.1. The Labute approximate surface area is 171 Å². The highest BCUT2D eigenvalue weighted by atomic mass is 15.3. The molecule has 1 aliphatic heterocycles. The molecule has 0 unspecified atom stereocenters. The van der Waals surface area contributed by atoms with Crippen LogP contribution in [0.1, 0.15) is 11.3 Å². The van der Waals surface area contributed by atoms with Crippen molar-refractivity contribution in [3.8, 4) is 22.5 Å². The molecule has 0 bridgehead atoms. The summed E-state index contributed by atoms with van der Waals surface area (Å²) in [5, 5.41) is 0. The van der Waals surface area contributed by atoms with Gasteiger partial charge in [0.15, 0.2) is 0 Å². The van der Waals surface area contributed by atoms with Crippen LogP contribution in [0.5, 0.6) is 0 Å². The highest BCUT2D eigenvalue weighted by Crippen LogP contribution is 2.28. The molecule has 0 spiro atoms. The first-order valence-electron chi connectivity index (χ1n) is 10.3. The lowest BCUT2D eigenvalue weighted by molar-refractivity contribution is 0.147. The summed E-state index contributed by atoms with van der Waals surface area (Å²) in [7, 11) is 2.20. The van der Waals surface area contributed by atoms with Crippen LogP contribution in [-0.4, -0.2) is 57.4 Å². The van der Waals surface area contributed by atoms with Gasteiger partial charge in [-0.05, 0) is 49.4 Å². The van der Waals surface area contributed by atoms with Crippen LogP contribution >= 0.6 is 0 Å². The van der Waals surface area contributed by atoms with E-state index in [9.17, 15) is 0 Å². The van der Waals surface area contributed by atoms with E-state index in [0.717, 1.165) is 49.8 Å². The Morgan fingerprint density at radius 3 is 2.59 bits per heavy atom. The summed E-state index contributed by atoms with van der Waals surface area (Å²) in [6, 6.07) is 17.1. The van der Waals surface area contributed by atoms with Crippen LogP contribution in [0.2, 0.25) is 0 Å². The Bertz CT molecular complexity index is 1120. The van der Waals surface area contributed by atoms with Gasteiger partial charge < -0.3 is 14.3 Å². The predicted molar refractivity (Wildman–Crippen MR) is 118 cm³/mol. The van der Waals surface area contributed by atoms with Gasteiger partial charge in [0.2, 0.25) is 0 Å². The molecule has 1 fully saturated rings. The number of nitrogens with zero attached hydrogens (tertiary/aromatic N) is 4. The molecule has 0 saturated carbocycles. The van der Waals surface area contributed by atoms with Crippen molar-refractivity contribution in [2.75, 3.05) is 33.2 Å². The van der Waals surface area contributed by atoms with Gasteiger partial charge in [-0.1, -0.05) is 29.8 Å². The summed E-state index contributed by atoms with van der Waals surface area (Å²) in [4.78, 5) is 13.3. The van der Waals surface area contributed by atoms with Gasteiger partial charge in [-0.25, -0.2) is 4.98 Å². The lowest BCUT2D eigenvalue weighted by Crippen LogP contribution is -2.44. The highest BCUT2D eigenvalue weighted by Gasteiger charge is 2.20. The van der Waals surface area contributed by atoms with Gasteiger partial charge >= 0.3 is 0 Å². The minimum Gasteiger partial charge on any atom is -0.360 e. The lowest BCUT2D eigenvalue weighted by atomic mass is 10.1. The minimum atomic E-state index is 0.903. The first-order valence-corrected chi connectivity index (χ1v) is 10.3. The van der Waals surface area contributed by atoms with Crippen LogP contribution < -0.4 is 0 Å². The number of hydrogen-bond acceptors (Lipinski definition) is 3. The number of H-pyrrole nitrogens is 1. The molecule has 0 radical (unpaired) electrons. The maximum atomic E-state index is 4.98. The van der Waals surface area contributed by atoms with E-state index >= 15 is 0 Å². The molecule has 29 heavy (non-hydrogen) atoms. The number of nitrogens with one attached hydrogen (secondary N) is 1. The highest BCUT2D eigenvalue weighted by molar-refractivity contribution is 5.69. The third kappa shape index (κ3) is 3.59. The predicted octanol–water partition coefficient (Wildman–Crippen LogP) is 4.05. The number of rotatable bonds is 4. The van der Waals surface area contributed by atoms with E-state index < -0.39 is 0 Å². The fourth-order valence-electron chi connectivity index (χ4n) is 4.15.